The summed E-state index contributed by atoms with van der Waals surface area (Å²) in [5.74, 6) is -3.04. The fourth-order valence-corrected chi connectivity index (χ4v) is 3.83. The van der Waals surface area contributed by atoms with Crippen LogP contribution in [0, 0.1) is 0 Å². The quantitative estimate of drug-likeness (QED) is 0.636. The summed E-state index contributed by atoms with van der Waals surface area (Å²) in [5, 5.41) is 0. The van der Waals surface area contributed by atoms with E-state index < -0.39 is 17.9 Å². The van der Waals surface area contributed by atoms with E-state index in [4.69, 9.17) is 5.73 Å². The first-order chi connectivity index (χ1) is 13.3. The van der Waals surface area contributed by atoms with Gasteiger partial charge in [0, 0.05) is 17.7 Å². The lowest BCUT2D eigenvalue weighted by Gasteiger charge is -2.24. The average molecular weight is 387 g/mol. The van der Waals surface area contributed by atoms with Gasteiger partial charge in [-0.1, -0.05) is 36.4 Å². The highest BCUT2D eigenvalue weighted by Gasteiger charge is 2.39. The van der Waals surface area contributed by atoms with Crippen molar-refractivity contribution >= 4 is 17.6 Å². The molecule has 8 heteroatoms. The molecule has 0 saturated carbocycles. The van der Waals surface area contributed by atoms with Crippen molar-refractivity contribution in [2.45, 2.75) is 31.6 Å². The summed E-state index contributed by atoms with van der Waals surface area (Å²) in [6.45, 7) is 0.423. The Morgan fingerprint density at radius 2 is 1.89 bits per heavy atom. The lowest BCUT2D eigenvalue weighted by Crippen LogP contribution is -2.28. The Morgan fingerprint density at radius 3 is 2.64 bits per heavy atom. The number of hydrogen-bond donors (Lipinski definition) is 1. The van der Waals surface area contributed by atoms with Gasteiger partial charge >= 0.3 is 12.1 Å². The van der Waals surface area contributed by atoms with Gasteiger partial charge in [0.05, 0.1) is 6.04 Å². The molecule has 0 fully saturated rings. The van der Waals surface area contributed by atoms with Crippen LogP contribution in [-0.2, 0) is 17.8 Å². The van der Waals surface area contributed by atoms with E-state index in [1.165, 1.54) is 17.7 Å². The van der Waals surface area contributed by atoms with Crippen LogP contribution in [0.2, 0.25) is 0 Å². The van der Waals surface area contributed by atoms with E-state index in [0.29, 0.717) is 12.1 Å². The van der Waals surface area contributed by atoms with Gasteiger partial charge < -0.3 is 10.6 Å². The number of carbonyl (C=O) groups is 2. The van der Waals surface area contributed by atoms with Crippen LogP contribution in [0.1, 0.15) is 45.1 Å². The number of aryl methyl sites for hydroxylation is 1. The third-order valence-electron chi connectivity index (χ3n) is 5.18. The summed E-state index contributed by atoms with van der Waals surface area (Å²) in [6.07, 6.45) is -3.37. The minimum Gasteiger partial charge on any atom is -0.383 e. The van der Waals surface area contributed by atoms with Gasteiger partial charge in [0.1, 0.15) is 5.84 Å². The number of amides is 2. The van der Waals surface area contributed by atoms with E-state index in [2.05, 4.69) is 11.1 Å². The Bertz CT molecular complexity index is 1010. The number of carbonyl (C=O) groups excluding carboxylic acids is 2. The second-order valence-corrected chi connectivity index (χ2v) is 6.86. The summed E-state index contributed by atoms with van der Waals surface area (Å²) in [6, 6.07) is 12.5. The van der Waals surface area contributed by atoms with E-state index in [1.54, 1.807) is 11.0 Å². The van der Waals surface area contributed by atoms with Gasteiger partial charge in [0.25, 0.3) is 5.91 Å². The molecule has 2 aliphatic rings. The van der Waals surface area contributed by atoms with Crippen LogP contribution in [0.4, 0.5) is 13.2 Å². The van der Waals surface area contributed by atoms with Gasteiger partial charge in [-0.25, -0.2) is 0 Å². The molecule has 2 aromatic rings. The van der Waals surface area contributed by atoms with E-state index in [9.17, 15) is 22.8 Å². The number of amidine groups is 1. The number of hydrogen-bond acceptors (Lipinski definition) is 2. The standard InChI is InChI=1S/C20H16F3N3O2/c21-20(22,23)19(28)25-17(24)12-5-6-13-10-26(18(27)15(13)9-12)16-8-7-11-3-1-2-4-14(11)16/h1-6,9,16H,7-8,10H2,(H2,24,25,28). The van der Waals surface area contributed by atoms with E-state index in [0.717, 1.165) is 24.0 Å². The third kappa shape index (κ3) is 3.04. The van der Waals surface area contributed by atoms with Crippen molar-refractivity contribution in [2.24, 2.45) is 10.7 Å². The largest absolute Gasteiger partial charge is 0.473 e. The van der Waals surface area contributed by atoms with Gasteiger partial charge in [-0.3, -0.25) is 9.59 Å². The first-order valence-electron chi connectivity index (χ1n) is 8.73. The number of alkyl halides is 3. The van der Waals surface area contributed by atoms with Crippen LogP contribution in [0.25, 0.3) is 0 Å². The normalized spacial score (nSPS) is 19.0. The Hall–Kier alpha value is -3.16. The van der Waals surface area contributed by atoms with Crippen molar-refractivity contribution in [1.82, 2.24) is 4.90 Å². The Balaban J connectivity index is 1.61. The van der Waals surface area contributed by atoms with E-state index in [1.807, 2.05) is 18.2 Å². The van der Waals surface area contributed by atoms with Crippen LogP contribution in [0.3, 0.4) is 0 Å². The molecule has 1 unspecified atom stereocenters. The van der Waals surface area contributed by atoms with Crippen LogP contribution >= 0.6 is 0 Å². The highest BCUT2D eigenvalue weighted by Crippen LogP contribution is 2.40. The maximum Gasteiger partial charge on any atom is 0.473 e. The maximum atomic E-state index is 12.9. The van der Waals surface area contributed by atoms with Crippen LogP contribution in [-0.4, -0.2) is 28.7 Å². The molecule has 1 aliphatic carbocycles. The van der Waals surface area contributed by atoms with Crippen molar-refractivity contribution in [3.05, 3.63) is 70.3 Å². The summed E-state index contributed by atoms with van der Waals surface area (Å²) >= 11 is 0. The van der Waals surface area contributed by atoms with Crippen molar-refractivity contribution in [2.75, 3.05) is 0 Å². The molecule has 1 heterocycles. The van der Waals surface area contributed by atoms with E-state index in [-0.39, 0.29) is 17.5 Å². The number of fused-ring (bicyclic) bond motifs is 2. The van der Waals surface area contributed by atoms with Crippen molar-refractivity contribution in [3.63, 3.8) is 0 Å². The van der Waals surface area contributed by atoms with Crippen molar-refractivity contribution < 1.29 is 22.8 Å². The molecule has 2 N–H and O–H groups in total. The first kappa shape index (κ1) is 18.2. The topological polar surface area (TPSA) is 75.8 Å². The molecule has 0 bridgehead atoms. The molecule has 0 saturated heterocycles. The summed E-state index contributed by atoms with van der Waals surface area (Å²) in [4.78, 5) is 28.6. The second kappa shape index (κ2) is 6.47. The molecule has 1 atom stereocenters. The number of halogens is 3. The molecule has 5 nitrogen and oxygen atoms in total. The Labute approximate surface area is 158 Å². The molecule has 1 aliphatic heterocycles. The number of rotatable bonds is 2. The minimum atomic E-state index is -5.09. The predicted molar refractivity (Wildman–Crippen MR) is 95.6 cm³/mol. The SMILES string of the molecule is NC(=NC(=O)C(F)(F)F)c1ccc2c(c1)C(=O)N(C1CCc3ccccc31)C2. The molecule has 0 radical (unpaired) electrons. The summed E-state index contributed by atoms with van der Waals surface area (Å²) in [7, 11) is 0. The highest BCUT2D eigenvalue weighted by atomic mass is 19.4. The third-order valence-corrected chi connectivity index (χ3v) is 5.18. The number of nitrogens with two attached hydrogens (primary N) is 1. The molecule has 2 amide bonds. The van der Waals surface area contributed by atoms with Crippen LogP contribution < -0.4 is 5.73 Å². The Kier molecular flexibility index (Phi) is 4.21. The molecular formula is C20H16F3N3O2. The van der Waals surface area contributed by atoms with Gasteiger partial charge in [-0.05, 0) is 35.6 Å². The highest BCUT2D eigenvalue weighted by molar-refractivity contribution is 6.07. The molecule has 144 valence electrons. The zero-order chi connectivity index (χ0) is 20.1. The number of aliphatic imine (C=N–C) groups is 1. The van der Waals surface area contributed by atoms with Crippen molar-refractivity contribution in [1.29, 1.82) is 0 Å². The molecule has 2 aromatic carbocycles. The van der Waals surface area contributed by atoms with Crippen molar-refractivity contribution in [3.8, 4) is 0 Å². The Morgan fingerprint density at radius 1 is 1.14 bits per heavy atom. The van der Waals surface area contributed by atoms with Gasteiger partial charge in [0.2, 0.25) is 0 Å². The zero-order valence-corrected chi connectivity index (χ0v) is 14.7. The second-order valence-electron chi connectivity index (χ2n) is 6.86. The molecule has 0 spiro atoms. The molecule has 0 aromatic heterocycles. The molecule has 4 rings (SSSR count). The fourth-order valence-electron chi connectivity index (χ4n) is 3.83. The molecular weight excluding hydrogens is 371 g/mol. The average Bonchev–Trinajstić information content (AvgIpc) is 3.21. The predicted octanol–water partition coefficient (Wildman–Crippen LogP) is 3.12. The zero-order valence-electron chi connectivity index (χ0n) is 14.7. The molecule has 28 heavy (non-hydrogen) atoms. The minimum absolute atomic E-state index is 0.0302. The number of benzene rings is 2. The maximum absolute atomic E-state index is 12.9. The lowest BCUT2D eigenvalue weighted by atomic mass is 10.1. The summed E-state index contributed by atoms with van der Waals surface area (Å²) < 4.78 is 37.1. The van der Waals surface area contributed by atoms with Crippen LogP contribution in [0.5, 0.6) is 0 Å². The van der Waals surface area contributed by atoms with Crippen LogP contribution in [0.15, 0.2) is 47.5 Å². The van der Waals surface area contributed by atoms with Gasteiger partial charge in [-0.15, -0.1) is 0 Å². The van der Waals surface area contributed by atoms with Gasteiger partial charge in [-0.2, -0.15) is 18.2 Å². The first-order valence-corrected chi connectivity index (χ1v) is 8.73. The van der Waals surface area contributed by atoms with Gasteiger partial charge in [0.15, 0.2) is 0 Å². The fraction of sp³-hybridized carbons (Fsp3) is 0.250. The number of nitrogens with zero attached hydrogens (tertiary/aromatic N) is 2. The smallest absolute Gasteiger partial charge is 0.383 e. The monoisotopic (exact) mass is 387 g/mol. The van der Waals surface area contributed by atoms with E-state index >= 15 is 0 Å². The summed E-state index contributed by atoms with van der Waals surface area (Å²) in [5.41, 5.74) is 9.16. The lowest BCUT2D eigenvalue weighted by molar-refractivity contribution is -0.169.